The maximum atomic E-state index is 8.43. The van der Waals surface area contributed by atoms with Crippen LogP contribution in [0.3, 0.4) is 0 Å². The third-order valence-electron chi connectivity index (χ3n) is 1.63. The second-order valence-electron chi connectivity index (χ2n) is 3.39. The van der Waals surface area contributed by atoms with E-state index >= 15 is 0 Å². The van der Waals surface area contributed by atoms with Crippen molar-refractivity contribution in [3.8, 4) is 6.07 Å². The summed E-state index contributed by atoms with van der Waals surface area (Å²) in [6.07, 6.45) is 4.42. The van der Waals surface area contributed by atoms with Crippen LogP contribution in [0.1, 0.15) is 40.0 Å². The van der Waals surface area contributed by atoms with Crippen molar-refractivity contribution in [3.05, 3.63) is 11.8 Å². The smallest absolute Gasteiger partial charge is 0.0930 e. The molecule has 0 aromatic rings. The molecule has 0 unspecified atom stereocenters. The van der Waals surface area contributed by atoms with Gasteiger partial charge in [-0.1, -0.05) is 13.8 Å². The summed E-state index contributed by atoms with van der Waals surface area (Å²) < 4.78 is 5.40. The summed E-state index contributed by atoms with van der Waals surface area (Å²) in [5, 5.41) is 8.43. The lowest BCUT2D eigenvalue weighted by molar-refractivity contribution is 0.217. The van der Waals surface area contributed by atoms with Gasteiger partial charge in [0.1, 0.15) is 0 Å². The van der Waals surface area contributed by atoms with E-state index in [0.29, 0.717) is 18.9 Å². The highest BCUT2D eigenvalue weighted by molar-refractivity contribution is 4.95. The summed E-state index contributed by atoms with van der Waals surface area (Å²) in [4.78, 5) is 0. The molecule has 0 aliphatic carbocycles. The number of hydrogen-bond donors (Lipinski definition) is 0. The van der Waals surface area contributed by atoms with E-state index in [9.17, 15) is 0 Å². The first-order valence-electron chi connectivity index (χ1n) is 4.89. The summed E-state index contributed by atoms with van der Waals surface area (Å²) in [5.41, 5.74) is 0. The Balaban J connectivity index is 3.92. The number of hydrogen-bond acceptors (Lipinski definition) is 2. The van der Waals surface area contributed by atoms with Crippen molar-refractivity contribution in [3.63, 3.8) is 0 Å². The summed E-state index contributed by atoms with van der Waals surface area (Å²) in [7, 11) is 0. The summed E-state index contributed by atoms with van der Waals surface area (Å²) in [6, 6.07) is 2.12. The van der Waals surface area contributed by atoms with Crippen LogP contribution in [0.5, 0.6) is 0 Å². The Morgan fingerprint density at radius 3 is 2.69 bits per heavy atom. The standard InChI is InChI=1S/C11H19NO/c1-4-13-11(6-5-9-12)8-7-10(2)3/h8,10H,4-7H2,1-3H3/b11-8+. The van der Waals surface area contributed by atoms with Crippen LogP contribution < -0.4 is 0 Å². The van der Waals surface area contributed by atoms with Gasteiger partial charge < -0.3 is 4.74 Å². The number of allylic oxidation sites excluding steroid dienone is 2. The van der Waals surface area contributed by atoms with Crippen molar-refractivity contribution < 1.29 is 4.74 Å². The minimum atomic E-state index is 0.546. The van der Waals surface area contributed by atoms with Crippen LogP contribution in [0.2, 0.25) is 0 Å². The molecule has 0 bridgehead atoms. The normalized spacial score (nSPS) is 11.5. The number of rotatable bonds is 6. The topological polar surface area (TPSA) is 33.0 Å². The Kier molecular flexibility index (Phi) is 7.10. The molecule has 0 heterocycles. The fourth-order valence-electron chi connectivity index (χ4n) is 0.965. The average molecular weight is 181 g/mol. The van der Waals surface area contributed by atoms with Crippen molar-refractivity contribution in [2.45, 2.75) is 40.0 Å². The van der Waals surface area contributed by atoms with Gasteiger partial charge in [-0.25, -0.2) is 0 Å². The highest BCUT2D eigenvalue weighted by Gasteiger charge is 1.98. The second-order valence-corrected chi connectivity index (χ2v) is 3.39. The van der Waals surface area contributed by atoms with E-state index in [1.807, 2.05) is 6.92 Å². The predicted octanol–water partition coefficient (Wildman–Crippen LogP) is 3.26. The Labute approximate surface area is 81.2 Å². The first-order valence-corrected chi connectivity index (χ1v) is 4.89. The zero-order valence-electron chi connectivity index (χ0n) is 8.84. The molecule has 2 heteroatoms. The zero-order valence-corrected chi connectivity index (χ0v) is 8.84. The van der Waals surface area contributed by atoms with Crippen LogP contribution in [-0.4, -0.2) is 6.61 Å². The largest absolute Gasteiger partial charge is 0.499 e. The molecule has 0 aromatic heterocycles. The molecule has 0 radical (unpaired) electrons. The van der Waals surface area contributed by atoms with Gasteiger partial charge in [-0.15, -0.1) is 0 Å². The van der Waals surface area contributed by atoms with E-state index in [0.717, 1.165) is 18.6 Å². The Morgan fingerprint density at radius 2 is 2.23 bits per heavy atom. The van der Waals surface area contributed by atoms with E-state index in [-0.39, 0.29) is 0 Å². The van der Waals surface area contributed by atoms with E-state index in [4.69, 9.17) is 10.00 Å². The van der Waals surface area contributed by atoms with Gasteiger partial charge in [-0.2, -0.15) is 5.26 Å². The van der Waals surface area contributed by atoms with Crippen molar-refractivity contribution in [1.29, 1.82) is 5.26 Å². The third-order valence-corrected chi connectivity index (χ3v) is 1.63. The highest BCUT2D eigenvalue weighted by atomic mass is 16.5. The van der Waals surface area contributed by atoms with E-state index < -0.39 is 0 Å². The molecule has 0 fully saturated rings. The van der Waals surface area contributed by atoms with Crippen LogP contribution in [0.15, 0.2) is 11.8 Å². The molecule has 0 aliphatic rings. The molecule has 0 aliphatic heterocycles. The van der Waals surface area contributed by atoms with Gasteiger partial charge in [0.05, 0.1) is 18.4 Å². The SMILES string of the molecule is CCO/C(=C/CC(C)C)CCC#N. The Morgan fingerprint density at radius 1 is 1.54 bits per heavy atom. The van der Waals surface area contributed by atoms with E-state index in [1.54, 1.807) is 0 Å². The lowest BCUT2D eigenvalue weighted by atomic mass is 10.1. The predicted molar refractivity (Wildman–Crippen MR) is 54.0 cm³/mol. The van der Waals surface area contributed by atoms with Gasteiger partial charge in [0.15, 0.2) is 0 Å². The lowest BCUT2D eigenvalue weighted by Gasteiger charge is -2.07. The molecule has 0 atom stereocenters. The molecule has 0 N–H and O–H groups in total. The number of nitriles is 1. The second kappa shape index (κ2) is 7.67. The highest BCUT2D eigenvalue weighted by Crippen LogP contribution is 2.10. The first-order chi connectivity index (χ1) is 6.20. The van der Waals surface area contributed by atoms with E-state index in [2.05, 4.69) is 26.0 Å². The third kappa shape index (κ3) is 7.39. The Hall–Kier alpha value is -0.970. The van der Waals surface area contributed by atoms with Crippen LogP contribution in [-0.2, 0) is 4.74 Å². The molecular formula is C11H19NO. The van der Waals surface area contributed by atoms with Gasteiger partial charge in [-0.05, 0) is 25.3 Å². The molecular weight excluding hydrogens is 162 g/mol. The summed E-state index contributed by atoms with van der Waals surface area (Å²) >= 11 is 0. The maximum absolute atomic E-state index is 8.43. The average Bonchev–Trinajstić information content (AvgIpc) is 2.09. The zero-order chi connectivity index (χ0) is 10.1. The Bertz CT molecular complexity index is 189. The molecule has 0 spiro atoms. The van der Waals surface area contributed by atoms with Gasteiger partial charge in [0.25, 0.3) is 0 Å². The minimum absolute atomic E-state index is 0.546. The van der Waals surface area contributed by atoms with Crippen LogP contribution in [0.25, 0.3) is 0 Å². The summed E-state index contributed by atoms with van der Waals surface area (Å²) in [6.45, 7) is 7.00. The van der Waals surface area contributed by atoms with Gasteiger partial charge >= 0.3 is 0 Å². The fourth-order valence-corrected chi connectivity index (χ4v) is 0.965. The van der Waals surface area contributed by atoms with Crippen molar-refractivity contribution in [1.82, 2.24) is 0 Å². The van der Waals surface area contributed by atoms with Crippen LogP contribution >= 0.6 is 0 Å². The van der Waals surface area contributed by atoms with Crippen molar-refractivity contribution in [2.75, 3.05) is 6.61 Å². The molecule has 0 aromatic carbocycles. The van der Waals surface area contributed by atoms with Crippen LogP contribution in [0, 0.1) is 17.2 Å². The van der Waals surface area contributed by atoms with Gasteiger partial charge in [-0.3, -0.25) is 0 Å². The van der Waals surface area contributed by atoms with Gasteiger partial charge in [0.2, 0.25) is 0 Å². The maximum Gasteiger partial charge on any atom is 0.0930 e. The lowest BCUT2D eigenvalue weighted by Crippen LogP contribution is -1.93. The molecule has 0 saturated carbocycles. The summed E-state index contributed by atoms with van der Waals surface area (Å²) in [5.74, 6) is 1.62. The molecule has 74 valence electrons. The van der Waals surface area contributed by atoms with Gasteiger partial charge in [0, 0.05) is 12.8 Å². The molecule has 2 nitrogen and oxygen atoms in total. The molecule has 0 saturated heterocycles. The minimum Gasteiger partial charge on any atom is -0.499 e. The number of nitrogens with zero attached hydrogens (tertiary/aromatic N) is 1. The first kappa shape index (κ1) is 12.0. The van der Waals surface area contributed by atoms with E-state index in [1.165, 1.54) is 0 Å². The quantitative estimate of drug-likeness (QED) is 0.589. The van der Waals surface area contributed by atoms with Crippen molar-refractivity contribution in [2.24, 2.45) is 5.92 Å². The fraction of sp³-hybridized carbons (Fsp3) is 0.727. The monoisotopic (exact) mass is 181 g/mol. The van der Waals surface area contributed by atoms with Crippen molar-refractivity contribution >= 4 is 0 Å². The number of ether oxygens (including phenoxy) is 1. The molecule has 13 heavy (non-hydrogen) atoms. The molecule has 0 rings (SSSR count). The molecule has 0 amide bonds. The van der Waals surface area contributed by atoms with Crippen LogP contribution in [0.4, 0.5) is 0 Å².